The van der Waals surface area contributed by atoms with Crippen LogP contribution >= 0.6 is 34.8 Å². The second-order valence-electron chi connectivity index (χ2n) is 4.56. The average Bonchev–Trinajstić information content (AvgIpc) is 2.45. The summed E-state index contributed by atoms with van der Waals surface area (Å²) >= 11 is 17.4. The summed E-state index contributed by atoms with van der Waals surface area (Å²) < 4.78 is 37.7. The molecule has 10 heteroatoms. The molecule has 2 N–H and O–H groups in total. The lowest BCUT2D eigenvalue weighted by atomic mass is 10.2. The Bertz CT molecular complexity index is 764. The maximum atomic E-state index is 12.6. The molecule has 0 aliphatic carbocycles. The first kappa shape index (κ1) is 18.8. The van der Waals surface area contributed by atoms with E-state index in [0.29, 0.717) is 12.3 Å². The fraction of sp³-hybridized carbons (Fsp3) is 0.143. The van der Waals surface area contributed by atoms with Crippen molar-refractivity contribution in [3.63, 3.8) is 0 Å². The first-order valence-electron chi connectivity index (χ1n) is 6.27. The molecule has 0 bridgehead atoms. The highest BCUT2D eigenvalue weighted by Gasteiger charge is 2.32. The van der Waals surface area contributed by atoms with Crippen molar-refractivity contribution in [2.45, 2.75) is 12.4 Å². The molecule has 0 aliphatic rings. The van der Waals surface area contributed by atoms with E-state index in [1.165, 1.54) is 18.2 Å². The Morgan fingerprint density at radius 1 is 1.17 bits per heavy atom. The monoisotopic (exact) mass is 398 g/mol. The van der Waals surface area contributed by atoms with E-state index in [4.69, 9.17) is 34.8 Å². The molecular formula is C14H8Cl3F3N2O2. The topological polar surface area (TPSA) is 62.2 Å². The van der Waals surface area contributed by atoms with Crippen LogP contribution < -0.4 is 5.32 Å². The number of nitrogens with one attached hydrogen (secondary N) is 1. The predicted molar refractivity (Wildman–Crippen MR) is 83.1 cm³/mol. The average molecular weight is 400 g/mol. The van der Waals surface area contributed by atoms with E-state index in [1.54, 1.807) is 0 Å². The molecule has 0 aliphatic heterocycles. The van der Waals surface area contributed by atoms with Gasteiger partial charge in [0.2, 0.25) is 0 Å². The number of pyridine rings is 1. The van der Waals surface area contributed by atoms with Crippen LogP contribution in [-0.4, -0.2) is 16.0 Å². The molecule has 0 saturated carbocycles. The number of hydrogen-bond acceptors (Lipinski definition) is 3. The van der Waals surface area contributed by atoms with Crippen molar-refractivity contribution in [1.82, 2.24) is 10.3 Å². The maximum Gasteiger partial charge on any atom is 0.417 e. The fourth-order valence-corrected chi connectivity index (χ4v) is 2.62. The van der Waals surface area contributed by atoms with Gasteiger partial charge in [-0.05, 0) is 18.2 Å². The smallest absolute Gasteiger partial charge is 0.368 e. The van der Waals surface area contributed by atoms with Gasteiger partial charge < -0.3 is 10.4 Å². The number of benzene rings is 1. The van der Waals surface area contributed by atoms with Gasteiger partial charge in [-0.15, -0.1) is 0 Å². The normalized spacial score (nSPS) is 12.8. The molecule has 1 atom stereocenters. The van der Waals surface area contributed by atoms with Crippen LogP contribution in [-0.2, 0) is 6.18 Å². The van der Waals surface area contributed by atoms with Crippen LogP contribution in [0.15, 0.2) is 30.5 Å². The third-order valence-electron chi connectivity index (χ3n) is 2.91. The Labute approximate surface area is 149 Å². The van der Waals surface area contributed by atoms with Gasteiger partial charge in [0.25, 0.3) is 5.91 Å². The highest BCUT2D eigenvalue weighted by molar-refractivity contribution is 6.39. The minimum atomic E-state index is -4.63. The maximum absolute atomic E-state index is 12.6. The SMILES string of the molecule is O=C(NC(O)c1ncc(C(F)(F)F)cc1Cl)c1c(Cl)cccc1Cl. The van der Waals surface area contributed by atoms with Gasteiger partial charge in [-0.2, -0.15) is 13.2 Å². The Morgan fingerprint density at radius 2 is 1.75 bits per heavy atom. The van der Waals surface area contributed by atoms with Gasteiger partial charge >= 0.3 is 6.18 Å². The molecule has 1 amide bonds. The molecule has 2 aromatic rings. The van der Waals surface area contributed by atoms with Crippen molar-refractivity contribution in [3.05, 3.63) is 62.4 Å². The van der Waals surface area contributed by atoms with Crippen molar-refractivity contribution >= 4 is 40.7 Å². The Hall–Kier alpha value is -1.54. The Morgan fingerprint density at radius 3 is 2.25 bits per heavy atom. The number of carbonyl (C=O) groups is 1. The van der Waals surface area contributed by atoms with E-state index in [2.05, 4.69) is 10.3 Å². The number of aliphatic hydroxyl groups excluding tert-OH is 1. The molecule has 0 saturated heterocycles. The number of aromatic nitrogens is 1. The molecule has 0 radical (unpaired) electrons. The summed E-state index contributed by atoms with van der Waals surface area (Å²) in [7, 11) is 0. The van der Waals surface area contributed by atoms with Crippen molar-refractivity contribution < 1.29 is 23.1 Å². The highest BCUT2D eigenvalue weighted by Crippen LogP contribution is 2.32. The van der Waals surface area contributed by atoms with E-state index >= 15 is 0 Å². The van der Waals surface area contributed by atoms with Crippen LogP contribution in [0.5, 0.6) is 0 Å². The molecule has 2 rings (SSSR count). The minimum absolute atomic E-state index is 0.0404. The first-order chi connectivity index (χ1) is 11.1. The molecule has 1 aromatic heterocycles. The number of alkyl halides is 3. The van der Waals surface area contributed by atoms with E-state index < -0.39 is 28.9 Å². The Balaban J connectivity index is 2.24. The standard InChI is InChI=1S/C14H8Cl3F3N2O2/c15-7-2-1-3-8(16)10(7)12(23)22-13(24)11-9(17)4-6(5-21-11)14(18,19)20/h1-5,13,24H,(H,22,23). The summed E-state index contributed by atoms with van der Waals surface area (Å²) in [6.07, 6.45) is -5.88. The largest absolute Gasteiger partial charge is 0.417 e. The van der Waals surface area contributed by atoms with Crippen LogP contribution in [0.25, 0.3) is 0 Å². The molecular weight excluding hydrogens is 392 g/mol. The summed E-state index contributed by atoms with van der Waals surface area (Å²) in [5, 5.41) is 11.7. The van der Waals surface area contributed by atoms with Crippen LogP contribution in [0.2, 0.25) is 15.1 Å². The fourth-order valence-electron chi connectivity index (χ4n) is 1.78. The highest BCUT2D eigenvalue weighted by atomic mass is 35.5. The molecule has 1 heterocycles. The minimum Gasteiger partial charge on any atom is -0.368 e. The summed E-state index contributed by atoms with van der Waals surface area (Å²) in [4.78, 5) is 15.6. The van der Waals surface area contributed by atoms with Gasteiger partial charge in [-0.3, -0.25) is 9.78 Å². The van der Waals surface area contributed by atoms with Gasteiger partial charge in [0.05, 0.1) is 26.2 Å². The molecule has 0 fully saturated rings. The molecule has 1 aromatic carbocycles. The second-order valence-corrected chi connectivity index (χ2v) is 5.78. The summed E-state index contributed by atoms with van der Waals surface area (Å²) in [6.45, 7) is 0. The molecule has 4 nitrogen and oxygen atoms in total. The van der Waals surface area contributed by atoms with Crippen LogP contribution in [0, 0.1) is 0 Å². The van der Waals surface area contributed by atoms with E-state index in [1.807, 2.05) is 0 Å². The predicted octanol–water partition coefficient (Wildman–Crippen LogP) is 4.48. The van der Waals surface area contributed by atoms with Crippen molar-refractivity contribution in [1.29, 1.82) is 0 Å². The van der Waals surface area contributed by atoms with Crippen LogP contribution in [0.4, 0.5) is 13.2 Å². The Kier molecular flexibility index (Phi) is 5.59. The van der Waals surface area contributed by atoms with Crippen molar-refractivity contribution in [2.24, 2.45) is 0 Å². The van der Waals surface area contributed by atoms with E-state index in [0.717, 1.165) is 0 Å². The second kappa shape index (κ2) is 7.14. The van der Waals surface area contributed by atoms with Crippen LogP contribution in [0.3, 0.4) is 0 Å². The number of amides is 1. The lowest BCUT2D eigenvalue weighted by molar-refractivity contribution is -0.137. The number of halogens is 6. The number of nitrogens with zero attached hydrogens (tertiary/aromatic N) is 1. The summed E-state index contributed by atoms with van der Waals surface area (Å²) in [6, 6.07) is 4.95. The third-order valence-corrected chi connectivity index (χ3v) is 3.85. The van der Waals surface area contributed by atoms with Gasteiger partial charge in [0.15, 0.2) is 6.23 Å². The lowest BCUT2D eigenvalue weighted by Crippen LogP contribution is -2.29. The quantitative estimate of drug-likeness (QED) is 0.748. The zero-order valence-corrected chi connectivity index (χ0v) is 13.8. The molecule has 128 valence electrons. The zero-order chi connectivity index (χ0) is 18.1. The summed E-state index contributed by atoms with van der Waals surface area (Å²) in [5.74, 6) is -0.837. The van der Waals surface area contributed by atoms with Crippen molar-refractivity contribution in [3.8, 4) is 0 Å². The third kappa shape index (κ3) is 4.10. The van der Waals surface area contributed by atoms with Crippen LogP contribution in [0.1, 0.15) is 27.8 Å². The van der Waals surface area contributed by atoms with Crippen molar-refractivity contribution in [2.75, 3.05) is 0 Å². The van der Waals surface area contributed by atoms with Gasteiger partial charge in [-0.25, -0.2) is 0 Å². The number of carbonyl (C=O) groups excluding carboxylic acids is 1. The molecule has 24 heavy (non-hydrogen) atoms. The lowest BCUT2D eigenvalue weighted by Gasteiger charge is -2.16. The first-order valence-corrected chi connectivity index (χ1v) is 7.40. The van der Waals surface area contributed by atoms with Gasteiger partial charge in [-0.1, -0.05) is 40.9 Å². The van der Waals surface area contributed by atoms with Gasteiger partial charge in [0, 0.05) is 6.20 Å². The molecule has 1 unspecified atom stereocenters. The molecule has 0 spiro atoms. The van der Waals surface area contributed by atoms with E-state index in [9.17, 15) is 23.1 Å². The number of rotatable bonds is 3. The summed E-state index contributed by atoms with van der Waals surface area (Å²) in [5.41, 5.74) is -1.52. The van der Waals surface area contributed by atoms with E-state index in [-0.39, 0.29) is 21.3 Å². The number of hydrogen-bond donors (Lipinski definition) is 2. The zero-order valence-electron chi connectivity index (χ0n) is 11.5. The van der Waals surface area contributed by atoms with Gasteiger partial charge in [0.1, 0.15) is 5.69 Å². The number of aliphatic hydroxyl groups is 1.